The molecular formula is C20H19BrN6O3. The van der Waals surface area contributed by atoms with Crippen LogP contribution in [0.2, 0.25) is 0 Å². The van der Waals surface area contributed by atoms with Crippen molar-refractivity contribution < 1.29 is 9.59 Å². The van der Waals surface area contributed by atoms with Crippen LogP contribution in [-0.2, 0) is 16.1 Å². The fraction of sp³-hybridized carbons (Fsp3) is 0.250. The summed E-state index contributed by atoms with van der Waals surface area (Å²) < 4.78 is 3.70. The van der Waals surface area contributed by atoms with Crippen LogP contribution in [0.3, 0.4) is 0 Å². The molecule has 1 aromatic carbocycles. The molecular weight excluding hydrogens is 452 g/mol. The predicted octanol–water partition coefficient (Wildman–Crippen LogP) is 1.36. The first kappa shape index (κ1) is 20.0. The molecule has 0 spiro atoms. The highest BCUT2D eigenvalue weighted by atomic mass is 79.9. The predicted molar refractivity (Wildman–Crippen MR) is 113 cm³/mol. The molecule has 30 heavy (non-hydrogen) atoms. The number of amides is 2. The SMILES string of the molecule is O=C(NCCn1nc(-n2cccn2)ccc1=O)C1CC(=O)N(c2cccc(Br)c2)C1. The lowest BCUT2D eigenvalue weighted by molar-refractivity contribution is -0.126. The van der Waals surface area contributed by atoms with E-state index >= 15 is 0 Å². The second kappa shape index (κ2) is 8.62. The van der Waals surface area contributed by atoms with Crippen molar-refractivity contribution in [3.05, 3.63) is 69.7 Å². The maximum Gasteiger partial charge on any atom is 0.266 e. The number of hydrogen-bond donors (Lipinski definition) is 1. The Bertz CT molecular complexity index is 1130. The first-order chi connectivity index (χ1) is 14.5. The zero-order chi connectivity index (χ0) is 21.1. The molecule has 1 fully saturated rings. The number of hydrogen-bond acceptors (Lipinski definition) is 5. The summed E-state index contributed by atoms with van der Waals surface area (Å²) in [6.45, 7) is 0.777. The van der Waals surface area contributed by atoms with Crippen LogP contribution in [-0.4, -0.2) is 44.5 Å². The van der Waals surface area contributed by atoms with Crippen molar-refractivity contribution in [2.75, 3.05) is 18.0 Å². The Labute approximate surface area is 180 Å². The molecule has 0 saturated carbocycles. The molecule has 1 aliphatic rings. The van der Waals surface area contributed by atoms with Gasteiger partial charge in [0.15, 0.2) is 5.82 Å². The summed E-state index contributed by atoms with van der Waals surface area (Å²) >= 11 is 3.40. The monoisotopic (exact) mass is 470 g/mol. The molecule has 3 aromatic rings. The number of aromatic nitrogens is 4. The molecule has 1 aliphatic heterocycles. The van der Waals surface area contributed by atoms with Crippen molar-refractivity contribution in [1.82, 2.24) is 24.9 Å². The lowest BCUT2D eigenvalue weighted by Crippen LogP contribution is -2.36. The van der Waals surface area contributed by atoms with E-state index in [-0.39, 0.29) is 36.9 Å². The average Bonchev–Trinajstić information content (AvgIpc) is 3.39. The zero-order valence-corrected chi connectivity index (χ0v) is 17.5. The fourth-order valence-corrected chi connectivity index (χ4v) is 3.72. The Hall–Kier alpha value is -3.27. The van der Waals surface area contributed by atoms with Crippen molar-refractivity contribution >= 4 is 33.4 Å². The second-order valence-corrected chi connectivity index (χ2v) is 7.80. The van der Waals surface area contributed by atoms with Crippen LogP contribution in [0.1, 0.15) is 6.42 Å². The first-order valence-corrected chi connectivity index (χ1v) is 10.2. The minimum Gasteiger partial charge on any atom is -0.354 e. The maximum atomic E-state index is 12.5. The summed E-state index contributed by atoms with van der Waals surface area (Å²) in [5.74, 6) is -0.219. The smallest absolute Gasteiger partial charge is 0.266 e. The number of benzene rings is 1. The Morgan fingerprint density at radius 3 is 2.83 bits per heavy atom. The Morgan fingerprint density at radius 1 is 1.20 bits per heavy atom. The molecule has 0 aliphatic carbocycles. The minimum atomic E-state index is -0.434. The number of rotatable bonds is 6. The van der Waals surface area contributed by atoms with Gasteiger partial charge in [0.2, 0.25) is 11.8 Å². The lowest BCUT2D eigenvalue weighted by atomic mass is 10.1. The molecule has 10 heteroatoms. The standard InChI is InChI=1S/C20H19BrN6O3/c21-15-3-1-4-16(12-15)25-13-14(11-19(25)29)20(30)22-8-10-27-18(28)6-5-17(24-27)26-9-2-7-23-26/h1-7,9,12,14H,8,10-11,13H2,(H,22,30). The maximum absolute atomic E-state index is 12.5. The topological polar surface area (TPSA) is 102 Å². The van der Waals surface area contributed by atoms with E-state index < -0.39 is 5.92 Å². The zero-order valence-electron chi connectivity index (χ0n) is 15.9. The van der Waals surface area contributed by atoms with Crippen LogP contribution < -0.4 is 15.8 Å². The third kappa shape index (κ3) is 4.33. The summed E-state index contributed by atoms with van der Waals surface area (Å²) in [5, 5.41) is 11.2. The number of nitrogens with zero attached hydrogens (tertiary/aromatic N) is 5. The molecule has 2 aromatic heterocycles. The van der Waals surface area contributed by atoms with Crippen LogP contribution in [0.5, 0.6) is 0 Å². The second-order valence-electron chi connectivity index (χ2n) is 6.88. The number of anilines is 1. The van der Waals surface area contributed by atoms with E-state index in [9.17, 15) is 14.4 Å². The van der Waals surface area contributed by atoms with E-state index in [2.05, 4.69) is 31.4 Å². The van der Waals surface area contributed by atoms with Gasteiger partial charge in [0.25, 0.3) is 5.56 Å². The Balaban J connectivity index is 1.35. The molecule has 1 atom stereocenters. The van der Waals surface area contributed by atoms with Crippen LogP contribution >= 0.6 is 15.9 Å². The van der Waals surface area contributed by atoms with Crippen molar-refractivity contribution in [2.45, 2.75) is 13.0 Å². The largest absolute Gasteiger partial charge is 0.354 e. The summed E-state index contributed by atoms with van der Waals surface area (Å²) in [6.07, 6.45) is 3.51. The number of nitrogens with one attached hydrogen (secondary N) is 1. The molecule has 1 saturated heterocycles. The molecule has 1 N–H and O–H groups in total. The molecule has 0 radical (unpaired) electrons. The van der Waals surface area contributed by atoms with E-state index in [1.165, 1.54) is 10.7 Å². The van der Waals surface area contributed by atoms with Gasteiger partial charge in [0.1, 0.15) is 0 Å². The van der Waals surface area contributed by atoms with E-state index in [4.69, 9.17) is 0 Å². The highest BCUT2D eigenvalue weighted by Crippen LogP contribution is 2.27. The van der Waals surface area contributed by atoms with Gasteiger partial charge in [0.05, 0.1) is 12.5 Å². The summed E-state index contributed by atoms with van der Waals surface area (Å²) in [5.41, 5.74) is 0.493. The van der Waals surface area contributed by atoms with E-state index in [1.54, 1.807) is 34.1 Å². The highest BCUT2D eigenvalue weighted by molar-refractivity contribution is 9.10. The normalized spacial score (nSPS) is 16.1. The van der Waals surface area contributed by atoms with Gasteiger partial charge in [-0.3, -0.25) is 14.4 Å². The third-order valence-corrected chi connectivity index (χ3v) is 5.32. The quantitative estimate of drug-likeness (QED) is 0.585. The molecule has 1 unspecified atom stereocenters. The Kier molecular flexibility index (Phi) is 5.75. The van der Waals surface area contributed by atoms with Crippen molar-refractivity contribution in [3.63, 3.8) is 0 Å². The van der Waals surface area contributed by atoms with Gasteiger partial charge < -0.3 is 10.2 Å². The van der Waals surface area contributed by atoms with Crippen LogP contribution in [0.15, 0.2) is 64.1 Å². The third-order valence-electron chi connectivity index (χ3n) is 4.83. The van der Waals surface area contributed by atoms with Gasteiger partial charge >= 0.3 is 0 Å². The molecule has 4 rings (SSSR count). The van der Waals surface area contributed by atoms with Crippen molar-refractivity contribution in [1.29, 1.82) is 0 Å². The highest BCUT2D eigenvalue weighted by Gasteiger charge is 2.35. The average molecular weight is 471 g/mol. The van der Waals surface area contributed by atoms with Gasteiger partial charge in [-0.1, -0.05) is 22.0 Å². The number of carbonyl (C=O) groups excluding carboxylic acids is 2. The van der Waals surface area contributed by atoms with Crippen molar-refractivity contribution in [3.8, 4) is 5.82 Å². The van der Waals surface area contributed by atoms with Gasteiger partial charge in [-0.15, -0.1) is 5.10 Å². The van der Waals surface area contributed by atoms with Crippen LogP contribution in [0.4, 0.5) is 5.69 Å². The van der Waals surface area contributed by atoms with Gasteiger partial charge in [0, 0.05) is 48.1 Å². The molecule has 9 nitrogen and oxygen atoms in total. The van der Waals surface area contributed by atoms with Crippen LogP contribution in [0.25, 0.3) is 5.82 Å². The molecule has 0 bridgehead atoms. The lowest BCUT2D eigenvalue weighted by Gasteiger charge is -2.17. The van der Waals surface area contributed by atoms with Crippen LogP contribution in [0, 0.1) is 5.92 Å². The molecule has 154 valence electrons. The molecule has 3 heterocycles. The molecule has 2 amide bonds. The Morgan fingerprint density at radius 2 is 2.07 bits per heavy atom. The van der Waals surface area contributed by atoms with Gasteiger partial charge in [-0.2, -0.15) is 5.10 Å². The minimum absolute atomic E-state index is 0.0851. The van der Waals surface area contributed by atoms with Crippen molar-refractivity contribution in [2.24, 2.45) is 5.92 Å². The first-order valence-electron chi connectivity index (χ1n) is 9.43. The summed E-state index contributed by atoms with van der Waals surface area (Å²) in [4.78, 5) is 38.6. The summed E-state index contributed by atoms with van der Waals surface area (Å²) in [7, 11) is 0. The fourth-order valence-electron chi connectivity index (χ4n) is 3.33. The summed E-state index contributed by atoms with van der Waals surface area (Å²) in [6, 6.07) is 12.2. The number of halogens is 1. The van der Waals surface area contributed by atoms with Gasteiger partial charge in [-0.25, -0.2) is 9.36 Å². The van der Waals surface area contributed by atoms with E-state index in [0.29, 0.717) is 12.4 Å². The number of carbonyl (C=O) groups is 2. The van der Waals surface area contributed by atoms with E-state index in [0.717, 1.165) is 10.2 Å². The van der Waals surface area contributed by atoms with E-state index in [1.807, 2.05) is 24.3 Å². The van der Waals surface area contributed by atoms with Gasteiger partial charge in [-0.05, 0) is 30.3 Å².